The van der Waals surface area contributed by atoms with Crippen molar-refractivity contribution in [2.45, 2.75) is 63.2 Å². The summed E-state index contributed by atoms with van der Waals surface area (Å²) in [6.07, 6.45) is 5.55. The van der Waals surface area contributed by atoms with E-state index in [2.05, 4.69) is 29.4 Å². The van der Waals surface area contributed by atoms with Crippen LogP contribution in [0.1, 0.15) is 52.0 Å². The molecule has 2 N–H and O–H groups in total. The first kappa shape index (κ1) is 15.6. The number of rotatable bonds is 5. The van der Waals surface area contributed by atoms with Crippen LogP contribution in [0.5, 0.6) is 0 Å². The third kappa shape index (κ3) is 3.39. The van der Waals surface area contributed by atoms with Gasteiger partial charge in [0.25, 0.3) is 0 Å². The number of carbonyl (C=O) groups excluding carboxylic acids is 1. The van der Waals surface area contributed by atoms with Crippen LogP contribution in [0, 0.1) is 11.8 Å². The van der Waals surface area contributed by atoms with Crippen LogP contribution in [0.15, 0.2) is 9.95 Å². The number of aromatic amines is 1. The molecule has 1 amide bonds. The molecule has 3 rings (SSSR count). The number of carbonyl (C=O) groups is 1. The van der Waals surface area contributed by atoms with E-state index in [1.807, 2.05) is 0 Å². The van der Waals surface area contributed by atoms with Gasteiger partial charge in [0.2, 0.25) is 5.91 Å². The minimum atomic E-state index is -0.167. The van der Waals surface area contributed by atoms with Gasteiger partial charge < -0.3 is 5.32 Å². The molecule has 1 heterocycles. The SMILES string of the molecule is C[C@@H]1[C@@H](C)CCC[C@H]1NC(=O)CSc1n[nH]c(=O)n1C1CC1. The molecule has 7 heteroatoms. The van der Waals surface area contributed by atoms with E-state index in [0.29, 0.717) is 22.7 Å². The lowest BCUT2D eigenvalue weighted by Crippen LogP contribution is -2.44. The van der Waals surface area contributed by atoms with Crippen molar-refractivity contribution in [3.63, 3.8) is 0 Å². The monoisotopic (exact) mass is 324 g/mol. The topological polar surface area (TPSA) is 79.8 Å². The zero-order chi connectivity index (χ0) is 15.7. The smallest absolute Gasteiger partial charge is 0.344 e. The van der Waals surface area contributed by atoms with Gasteiger partial charge in [0.05, 0.1) is 5.75 Å². The van der Waals surface area contributed by atoms with Gasteiger partial charge in [0, 0.05) is 12.1 Å². The second kappa shape index (κ2) is 6.48. The van der Waals surface area contributed by atoms with E-state index in [4.69, 9.17) is 0 Å². The molecular formula is C15H24N4O2S. The molecule has 2 saturated carbocycles. The Kier molecular flexibility index (Phi) is 4.61. The second-order valence-electron chi connectivity index (χ2n) is 6.64. The van der Waals surface area contributed by atoms with Gasteiger partial charge in [-0.1, -0.05) is 38.5 Å². The first-order valence-electron chi connectivity index (χ1n) is 8.15. The van der Waals surface area contributed by atoms with Crippen molar-refractivity contribution in [1.82, 2.24) is 20.1 Å². The summed E-state index contributed by atoms with van der Waals surface area (Å²) < 4.78 is 1.68. The molecule has 0 spiro atoms. The first-order chi connectivity index (χ1) is 10.6. The highest BCUT2D eigenvalue weighted by atomic mass is 32.2. The van der Waals surface area contributed by atoms with Gasteiger partial charge in [-0.25, -0.2) is 9.89 Å². The van der Waals surface area contributed by atoms with Crippen LogP contribution in [0.4, 0.5) is 0 Å². The maximum absolute atomic E-state index is 12.2. The fourth-order valence-electron chi connectivity index (χ4n) is 3.21. The summed E-state index contributed by atoms with van der Waals surface area (Å²) in [5.41, 5.74) is -0.167. The Bertz CT molecular complexity index is 593. The zero-order valence-corrected chi connectivity index (χ0v) is 14.0. The fourth-order valence-corrected chi connectivity index (χ4v) is 4.04. The summed E-state index contributed by atoms with van der Waals surface area (Å²) in [5.74, 6) is 1.54. The Morgan fingerprint density at radius 2 is 2.14 bits per heavy atom. The van der Waals surface area contributed by atoms with Gasteiger partial charge in [-0.15, -0.1) is 5.10 Å². The Labute approximate surface area is 134 Å². The lowest BCUT2D eigenvalue weighted by molar-refractivity contribution is -0.120. The molecule has 1 aromatic heterocycles. The third-order valence-electron chi connectivity index (χ3n) is 4.97. The van der Waals surface area contributed by atoms with Crippen LogP contribution < -0.4 is 11.0 Å². The maximum atomic E-state index is 12.2. The van der Waals surface area contributed by atoms with E-state index in [-0.39, 0.29) is 23.7 Å². The molecule has 0 unspecified atom stereocenters. The first-order valence-corrected chi connectivity index (χ1v) is 9.14. The highest BCUT2D eigenvalue weighted by Gasteiger charge is 2.30. The highest BCUT2D eigenvalue weighted by molar-refractivity contribution is 7.99. The van der Waals surface area contributed by atoms with Crippen LogP contribution in [0.3, 0.4) is 0 Å². The quantitative estimate of drug-likeness (QED) is 0.811. The van der Waals surface area contributed by atoms with Crippen molar-refractivity contribution in [2.75, 3.05) is 5.75 Å². The third-order valence-corrected chi connectivity index (χ3v) is 5.92. The van der Waals surface area contributed by atoms with Gasteiger partial charge in [-0.2, -0.15) is 0 Å². The molecule has 0 bridgehead atoms. The minimum absolute atomic E-state index is 0.0359. The summed E-state index contributed by atoms with van der Waals surface area (Å²) in [6.45, 7) is 4.48. The number of aromatic nitrogens is 3. The van der Waals surface area contributed by atoms with E-state index in [1.165, 1.54) is 24.6 Å². The summed E-state index contributed by atoms with van der Waals surface area (Å²) >= 11 is 1.34. The number of hydrogen-bond acceptors (Lipinski definition) is 4. The van der Waals surface area contributed by atoms with Crippen LogP contribution >= 0.6 is 11.8 Å². The molecule has 2 aliphatic rings. The lowest BCUT2D eigenvalue weighted by Gasteiger charge is -2.34. The maximum Gasteiger partial charge on any atom is 0.344 e. The van der Waals surface area contributed by atoms with Crippen LogP contribution in [0.2, 0.25) is 0 Å². The molecule has 2 aliphatic carbocycles. The predicted molar refractivity (Wildman–Crippen MR) is 86.0 cm³/mol. The van der Waals surface area contributed by atoms with Crippen LogP contribution in [0.25, 0.3) is 0 Å². The van der Waals surface area contributed by atoms with Crippen molar-refractivity contribution in [3.05, 3.63) is 10.5 Å². The van der Waals surface area contributed by atoms with Gasteiger partial charge >= 0.3 is 5.69 Å². The average molecular weight is 324 g/mol. The fraction of sp³-hybridized carbons (Fsp3) is 0.800. The predicted octanol–water partition coefficient (Wildman–Crippen LogP) is 1.94. The molecular weight excluding hydrogens is 300 g/mol. The Hall–Kier alpha value is -1.24. The molecule has 0 saturated heterocycles. The second-order valence-corrected chi connectivity index (χ2v) is 7.58. The zero-order valence-electron chi connectivity index (χ0n) is 13.2. The number of nitrogens with one attached hydrogen (secondary N) is 2. The standard InChI is InChI=1S/C15H24N4O2S/c1-9-4-3-5-12(10(9)2)16-13(20)8-22-15-18-17-14(21)19(15)11-6-7-11/h9-12H,3-8H2,1-2H3,(H,16,20)(H,17,21)/t9-,10+,12+/m0/s1. The lowest BCUT2D eigenvalue weighted by atomic mass is 9.78. The van der Waals surface area contributed by atoms with Crippen molar-refractivity contribution in [3.8, 4) is 0 Å². The number of amides is 1. The molecule has 3 atom stereocenters. The molecule has 122 valence electrons. The van der Waals surface area contributed by atoms with E-state index in [0.717, 1.165) is 19.3 Å². The van der Waals surface area contributed by atoms with Crippen LogP contribution in [-0.2, 0) is 4.79 Å². The number of hydrogen-bond donors (Lipinski definition) is 2. The molecule has 2 fully saturated rings. The van der Waals surface area contributed by atoms with Crippen molar-refractivity contribution < 1.29 is 4.79 Å². The van der Waals surface area contributed by atoms with E-state index in [9.17, 15) is 9.59 Å². The Morgan fingerprint density at radius 3 is 2.86 bits per heavy atom. The molecule has 0 aliphatic heterocycles. The molecule has 6 nitrogen and oxygen atoms in total. The van der Waals surface area contributed by atoms with E-state index < -0.39 is 0 Å². The van der Waals surface area contributed by atoms with Crippen molar-refractivity contribution in [1.29, 1.82) is 0 Å². The molecule has 0 radical (unpaired) electrons. The van der Waals surface area contributed by atoms with Gasteiger partial charge in [0.1, 0.15) is 0 Å². The van der Waals surface area contributed by atoms with E-state index >= 15 is 0 Å². The molecule has 22 heavy (non-hydrogen) atoms. The summed E-state index contributed by atoms with van der Waals surface area (Å²) in [4.78, 5) is 23.9. The van der Waals surface area contributed by atoms with Gasteiger partial charge in [0.15, 0.2) is 5.16 Å². The Balaban J connectivity index is 1.53. The van der Waals surface area contributed by atoms with Crippen LogP contribution in [-0.4, -0.2) is 32.5 Å². The summed E-state index contributed by atoms with van der Waals surface area (Å²) in [6, 6.07) is 0.553. The average Bonchev–Trinajstić information content (AvgIpc) is 3.25. The van der Waals surface area contributed by atoms with E-state index in [1.54, 1.807) is 4.57 Å². The normalized spacial score (nSPS) is 28.5. The highest BCUT2D eigenvalue weighted by Crippen LogP contribution is 2.36. The number of nitrogens with zero attached hydrogens (tertiary/aromatic N) is 2. The number of H-pyrrole nitrogens is 1. The number of thioether (sulfide) groups is 1. The molecule has 0 aromatic carbocycles. The van der Waals surface area contributed by atoms with Gasteiger partial charge in [-0.05, 0) is 31.1 Å². The Morgan fingerprint density at radius 1 is 1.36 bits per heavy atom. The molecule has 1 aromatic rings. The summed E-state index contributed by atoms with van der Waals surface area (Å²) in [5, 5.41) is 10.3. The van der Waals surface area contributed by atoms with Crippen molar-refractivity contribution in [2.24, 2.45) is 11.8 Å². The van der Waals surface area contributed by atoms with Crippen molar-refractivity contribution >= 4 is 17.7 Å². The summed E-state index contributed by atoms with van der Waals surface area (Å²) in [7, 11) is 0. The minimum Gasteiger partial charge on any atom is -0.352 e. The van der Waals surface area contributed by atoms with Gasteiger partial charge in [-0.3, -0.25) is 9.36 Å². The largest absolute Gasteiger partial charge is 0.352 e.